The number of hydrogen-bond acceptors (Lipinski definition) is 23. The second-order valence-corrected chi connectivity index (χ2v) is 41.8. The molecule has 14 heterocycles. The topological polar surface area (TPSA) is 269 Å². The molecule has 0 spiro atoms. The van der Waals surface area contributed by atoms with Crippen LogP contribution in [0.1, 0.15) is 154 Å². The molecule has 14 aromatic rings. The van der Waals surface area contributed by atoms with E-state index in [1.54, 1.807) is 24.3 Å². The number of thiophene rings is 4. The summed E-state index contributed by atoms with van der Waals surface area (Å²) in [5.74, 6) is 6.79. The number of benzene rings is 4. The van der Waals surface area contributed by atoms with E-state index in [0.29, 0.717) is 107 Å². The highest BCUT2D eigenvalue weighted by atomic mass is 32.1. The van der Waals surface area contributed by atoms with Crippen LogP contribution in [0.5, 0.6) is 5.75 Å². The zero-order valence-corrected chi connectivity index (χ0v) is 82.3. The van der Waals surface area contributed by atoms with Gasteiger partial charge in [-0.3, -0.25) is 29.2 Å². The first-order chi connectivity index (χ1) is 68.7. The van der Waals surface area contributed by atoms with Crippen molar-refractivity contribution in [2.24, 2.45) is 11.5 Å². The number of alkyl halides is 12. The Labute approximate surface area is 836 Å². The number of halogens is 14. The molecule has 41 heteroatoms. The smallest absolute Gasteiger partial charge is 0.393 e. The number of carbonyl (C=O) groups is 2. The Bertz CT molecular complexity index is 7210. The van der Waals surface area contributed by atoms with E-state index in [1.165, 1.54) is 75.9 Å². The van der Waals surface area contributed by atoms with E-state index in [-0.39, 0.29) is 67.5 Å². The highest BCUT2D eigenvalue weighted by Crippen LogP contribution is 2.43. The van der Waals surface area contributed by atoms with Crippen LogP contribution in [0.2, 0.25) is 0 Å². The van der Waals surface area contributed by atoms with Gasteiger partial charge in [0.1, 0.15) is 97.9 Å². The van der Waals surface area contributed by atoms with Crippen molar-refractivity contribution >= 4 is 155 Å². The number of nitrogens with two attached hydrogens (primary N) is 2. The van der Waals surface area contributed by atoms with Crippen molar-refractivity contribution in [1.82, 2.24) is 68.6 Å². The first-order valence-corrected chi connectivity index (χ1v) is 50.5. The lowest BCUT2D eigenvalue weighted by Gasteiger charge is -2.33. The number of piperidine rings is 4. The lowest BCUT2D eigenvalue weighted by atomic mass is 10.0. The number of nitrogens with one attached hydrogen (secondary N) is 4. The highest BCUT2D eigenvalue weighted by Gasteiger charge is 2.36. The molecule has 144 heavy (non-hydrogen) atoms. The highest BCUT2D eigenvalue weighted by molar-refractivity contribution is 7.19. The van der Waals surface area contributed by atoms with Crippen LogP contribution < -0.4 is 37.5 Å². The molecule has 1 atom stereocenters. The second kappa shape index (κ2) is 43.8. The van der Waals surface area contributed by atoms with E-state index >= 15 is 4.39 Å². The molecule has 756 valence electrons. The van der Waals surface area contributed by atoms with Gasteiger partial charge >= 0.3 is 24.7 Å². The molecular formula is C103H104F14N20O3S4. The van der Waals surface area contributed by atoms with Crippen molar-refractivity contribution in [2.45, 2.75) is 205 Å². The van der Waals surface area contributed by atoms with E-state index in [4.69, 9.17) is 29.1 Å². The summed E-state index contributed by atoms with van der Waals surface area (Å²) in [6.45, 7) is 18.0. The maximum absolute atomic E-state index is 15.0. The maximum Gasteiger partial charge on any atom is 0.393 e. The first kappa shape index (κ1) is 103. The van der Waals surface area contributed by atoms with E-state index in [2.05, 4.69) is 142 Å². The summed E-state index contributed by atoms with van der Waals surface area (Å²) in [5.41, 5.74) is 23.9. The zero-order valence-electron chi connectivity index (χ0n) is 79.0. The van der Waals surface area contributed by atoms with Crippen LogP contribution in [0.15, 0.2) is 127 Å². The molecule has 1 unspecified atom stereocenters. The number of ether oxygens (including phenoxy) is 1. The van der Waals surface area contributed by atoms with Gasteiger partial charge in [0.05, 0.1) is 65.0 Å². The van der Waals surface area contributed by atoms with Crippen molar-refractivity contribution in [3.63, 3.8) is 0 Å². The quantitative estimate of drug-likeness (QED) is 0.0217. The fourth-order valence-electron chi connectivity index (χ4n) is 19.7. The number of anilines is 4. The number of likely N-dealkylation sites (tertiary alicyclic amines) is 4. The third-order valence-corrected chi connectivity index (χ3v) is 30.6. The van der Waals surface area contributed by atoms with Crippen molar-refractivity contribution in [1.29, 1.82) is 0 Å². The molecule has 4 aromatic carbocycles. The van der Waals surface area contributed by atoms with Gasteiger partial charge in [0.25, 0.3) is 0 Å². The summed E-state index contributed by atoms with van der Waals surface area (Å²) in [6, 6.07) is 27.9. The van der Waals surface area contributed by atoms with Crippen LogP contribution in [-0.2, 0) is 80.8 Å². The van der Waals surface area contributed by atoms with Crippen molar-refractivity contribution in [3.8, 4) is 30.4 Å². The molecule has 4 fully saturated rings. The van der Waals surface area contributed by atoms with E-state index in [0.717, 1.165) is 213 Å². The van der Waals surface area contributed by atoms with Crippen LogP contribution in [-0.4, -0.2) is 188 Å². The number of terminal acetylenes is 2. The minimum absolute atomic E-state index is 0.0931. The molecular weight excluding hydrogens is 1960 g/mol. The van der Waals surface area contributed by atoms with Gasteiger partial charge < -0.3 is 46.6 Å². The number of carbonyl (C=O) groups excluding carboxylic acids is 2. The van der Waals surface area contributed by atoms with Gasteiger partial charge in [0.15, 0.2) is 0 Å². The molecule has 0 radical (unpaired) electrons. The number of fused-ring (bicyclic) bond motifs is 8. The summed E-state index contributed by atoms with van der Waals surface area (Å²) >= 11 is 4.22. The molecule has 0 saturated carbocycles. The van der Waals surface area contributed by atoms with Crippen LogP contribution in [0.25, 0.3) is 74.8 Å². The average Bonchev–Trinajstić information content (AvgIpc) is 1.62. The number of hydrogen-bond donors (Lipinski definition) is 6. The molecule has 6 aliphatic rings. The molecule has 2 amide bonds. The third-order valence-electron chi connectivity index (χ3n) is 26.4. The second-order valence-electron chi connectivity index (χ2n) is 37.3. The number of nitrogens with zero attached hydrogens (tertiary/aromatic N) is 14. The number of allylic oxidation sites excluding steroid dienone is 2. The largest absolute Gasteiger partial charge is 0.493 e. The number of aryl methyl sites for hydroxylation is 1. The van der Waals surface area contributed by atoms with Gasteiger partial charge in [-0.2, -0.15) is 52.7 Å². The summed E-state index contributed by atoms with van der Waals surface area (Å²) in [7, 11) is 0. The fourth-order valence-corrected chi connectivity index (χ4v) is 23.8. The SMILES string of the molecule is C#CC1=Cc2cc(CN3CCC(Nc4ncnc5sc(CC(F)(F)F)cc45)CC3)cc(F)c2C1.C#Cc1cc2cc(CN3CCC(Nc4ncnc5sc(CC(F)(F)F)cc45)CC3)cc(F)c2n1CC(N)=O.CCOc1c(CN2CCC(Nc3ncnc4sc(CC(F)(F)F)cc34)CC2)ccc2c1C=C(C)C2.Cc1cc2cc(CN3CCC(Nc4ncnc5sc(CC(F)(F)F)cc45)CC3)ccc2n1C(C)C(N)=O. The van der Waals surface area contributed by atoms with Crippen LogP contribution in [0.3, 0.4) is 0 Å². The lowest BCUT2D eigenvalue weighted by Crippen LogP contribution is -2.38. The minimum Gasteiger partial charge on any atom is -0.493 e. The van der Waals surface area contributed by atoms with E-state index in [9.17, 15) is 66.7 Å². The summed E-state index contributed by atoms with van der Waals surface area (Å²) in [4.78, 5) is 69.4. The predicted molar refractivity (Wildman–Crippen MR) is 538 cm³/mol. The summed E-state index contributed by atoms with van der Waals surface area (Å²) in [6.07, 6.45) is 8.25. The molecule has 0 bridgehead atoms. The Morgan fingerprint density at radius 2 is 0.896 bits per heavy atom. The molecule has 8 N–H and O–H groups in total. The molecule has 4 saturated heterocycles. The average molecular weight is 2060 g/mol. The van der Waals surface area contributed by atoms with Gasteiger partial charge in [-0.25, -0.2) is 48.7 Å². The van der Waals surface area contributed by atoms with Crippen LogP contribution >= 0.6 is 45.3 Å². The Hall–Kier alpha value is -12.5. The van der Waals surface area contributed by atoms with Gasteiger partial charge in [-0.05, 0) is 192 Å². The molecule has 4 aliphatic heterocycles. The Balaban J connectivity index is 0.000000132. The first-order valence-electron chi connectivity index (χ1n) is 47.3. The number of amides is 2. The van der Waals surface area contributed by atoms with Crippen LogP contribution in [0.4, 0.5) is 84.7 Å². The van der Waals surface area contributed by atoms with Gasteiger partial charge in [-0.15, -0.1) is 58.2 Å². The van der Waals surface area contributed by atoms with Gasteiger partial charge in [-0.1, -0.05) is 41.7 Å². The molecule has 2 aliphatic carbocycles. The third kappa shape index (κ3) is 25.7. The fraction of sp³-hybridized carbons (Fsp3) is 0.398. The van der Waals surface area contributed by atoms with Crippen LogP contribution in [0, 0.1) is 43.2 Å². The predicted octanol–water partition coefficient (Wildman–Crippen LogP) is 21.4. The lowest BCUT2D eigenvalue weighted by molar-refractivity contribution is -0.127. The van der Waals surface area contributed by atoms with E-state index < -0.39 is 68.2 Å². The number of primary amides is 2. The summed E-state index contributed by atoms with van der Waals surface area (Å²) in [5, 5.41) is 17.9. The normalized spacial score (nSPS) is 16.4. The van der Waals surface area contributed by atoms with Gasteiger partial charge in [0.2, 0.25) is 11.8 Å². The standard InChI is InChI=1S/C26H24F4N6OS.C26H29F3N6OS.C26H29F3N4OS.C25H22F4N4S/c1-2-18-9-16-7-15(8-21(27)23(16)36(18)13-22(31)37)12-35-5-3-17(4-6-35)34-24-20-10-19(11-26(28,29)30)38-25(20)33-14-32-24;1-15-9-18-10-17(3-4-22(18)35(15)16(2)23(30)36)13-34-7-5-19(6-8-34)33-24-21-11-20(12-26(27,28)29)37-25(21)32-14-31-24;1-3-34-23-18(5-4-17-10-16(2)11-21(17)23)14-33-8-6-19(7-9-33)32-24-22-12-20(13-26(27,28)29)35-25(22)31-15-30-24;1-2-15-7-17-8-16(10-22(26)20(17)9-15)13-33-5-3-18(4-6-33)32-23-21-11-19(12-25(27,28)29)34-24(21)31-14-30-23/h1,7-10,14,17H,3-6,11-13H2,(H2,31,37)(H,32,33,34);3-4,9-11,14,16,19H,5-8,12-13H2,1-2H3,(H2,30,36)(H,31,32,33);4-5,11-12,15,19H,3,6-10,13-14H2,1-2H3,(H,30,31,32);1,7-8,10-11,14,18H,3-6,9,12-13H2,(H,30,31,32). The van der Waals surface area contributed by atoms with Crippen molar-refractivity contribution in [3.05, 3.63) is 214 Å². The van der Waals surface area contributed by atoms with E-state index in [1.807, 2.05) is 43.5 Å². The Kier molecular flexibility index (Phi) is 31.3. The van der Waals surface area contributed by atoms with Gasteiger partial charge in [0, 0.05) is 173 Å². The van der Waals surface area contributed by atoms with Crippen molar-refractivity contribution in [2.75, 3.05) is 80.2 Å². The Morgan fingerprint density at radius 1 is 0.486 bits per heavy atom. The zero-order chi connectivity index (χ0) is 102. The number of rotatable bonds is 26. The molecule has 10 aromatic heterocycles. The maximum atomic E-state index is 15.0. The molecule has 23 nitrogen and oxygen atoms in total. The minimum atomic E-state index is -4.28. The Morgan fingerprint density at radius 3 is 1.30 bits per heavy atom. The summed E-state index contributed by atoms with van der Waals surface area (Å²) < 4.78 is 193. The van der Waals surface area contributed by atoms with Crippen molar-refractivity contribution < 1.29 is 75.8 Å². The number of aromatic nitrogens is 10. The monoisotopic (exact) mass is 2060 g/mol. The molecule has 20 rings (SSSR count).